The molecular weight excluding hydrogens is 426 g/mol. The zero-order valence-corrected chi connectivity index (χ0v) is 17.8. The first kappa shape index (κ1) is 21.8. The number of esters is 1. The van der Waals surface area contributed by atoms with Crippen molar-refractivity contribution in [1.29, 1.82) is 0 Å². The third-order valence-electron chi connectivity index (χ3n) is 5.13. The minimum Gasteiger partial charge on any atom is -0.497 e. The van der Waals surface area contributed by atoms with Crippen molar-refractivity contribution < 1.29 is 33.4 Å². The van der Waals surface area contributed by atoms with E-state index >= 15 is 0 Å². The number of fused-ring (bicyclic) bond motifs is 2. The van der Waals surface area contributed by atoms with Crippen LogP contribution in [0.1, 0.15) is 42.2 Å². The van der Waals surface area contributed by atoms with Crippen molar-refractivity contribution in [3.8, 4) is 11.5 Å². The molecular formula is C25H19NO7. The molecule has 8 nitrogen and oxygen atoms in total. The van der Waals surface area contributed by atoms with Crippen LogP contribution in [0.2, 0.25) is 0 Å². The summed E-state index contributed by atoms with van der Waals surface area (Å²) in [5.74, 6) is -1.07. The SMILES string of the molecule is COc1cc(OC)cc(C(=O)OCC(=O)Nc2ccc3c(c2)C(=O)c2ccccc2C3=O)c1. The smallest absolute Gasteiger partial charge is 0.338 e. The molecule has 0 atom stereocenters. The summed E-state index contributed by atoms with van der Waals surface area (Å²) in [4.78, 5) is 50.1. The van der Waals surface area contributed by atoms with E-state index in [4.69, 9.17) is 14.2 Å². The molecule has 0 radical (unpaired) electrons. The highest BCUT2D eigenvalue weighted by Gasteiger charge is 2.29. The summed E-state index contributed by atoms with van der Waals surface area (Å²) >= 11 is 0. The molecule has 33 heavy (non-hydrogen) atoms. The molecule has 3 aromatic carbocycles. The summed E-state index contributed by atoms with van der Waals surface area (Å²) in [6, 6.07) is 15.6. The molecule has 0 heterocycles. The molecule has 166 valence electrons. The quantitative estimate of drug-likeness (QED) is 0.454. The molecule has 0 saturated carbocycles. The molecule has 0 fully saturated rings. The van der Waals surface area contributed by atoms with E-state index in [2.05, 4.69) is 5.32 Å². The van der Waals surface area contributed by atoms with Gasteiger partial charge in [0.25, 0.3) is 5.91 Å². The molecule has 1 amide bonds. The fraction of sp³-hybridized carbons (Fsp3) is 0.120. The van der Waals surface area contributed by atoms with Gasteiger partial charge in [-0.2, -0.15) is 0 Å². The number of ether oxygens (including phenoxy) is 3. The number of methoxy groups -OCH3 is 2. The van der Waals surface area contributed by atoms with Gasteiger partial charge in [-0.25, -0.2) is 4.79 Å². The summed E-state index contributed by atoms with van der Waals surface area (Å²) < 4.78 is 15.3. The molecule has 0 spiro atoms. The van der Waals surface area contributed by atoms with Crippen LogP contribution < -0.4 is 14.8 Å². The lowest BCUT2D eigenvalue weighted by Gasteiger charge is -2.18. The Kier molecular flexibility index (Phi) is 5.91. The number of nitrogens with one attached hydrogen (secondary N) is 1. The zero-order chi connectivity index (χ0) is 23.5. The Morgan fingerprint density at radius 1 is 0.758 bits per heavy atom. The van der Waals surface area contributed by atoms with E-state index in [9.17, 15) is 19.2 Å². The highest BCUT2D eigenvalue weighted by molar-refractivity contribution is 6.28. The van der Waals surface area contributed by atoms with Gasteiger partial charge in [0.15, 0.2) is 18.2 Å². The summed E-state index contributed by atoms with van der Waals surface area (Å²) in [6.45, 7) is -0.550. The Balaban J connectivity index is 1.44. The number of hydrogen-bond donors (Lipinski definition) is 1. The average molecular weight is 445 g/mol. The number of anilines is 1. The van der Waals surface area contributed by atoms with Crippen LogP contribution >= 0.6 is 0 Å². The lowest BCUT2D eigenvalue weighted by molar-refractivity contribution is -0.119. The Hall–Kier alpha value is -4.46. The summed E-state index contributed by atoms with van der Waals surface area (Å²) in [5, 5.41) is 2.57. The van der Waals surface area contributed by atoms with E-state index < -0.39 is 18.5 Å². The van der Waals surface area contributed by atoms with Gasteiger partial charge in [0.05, 0.1) is 19.8 Å². The van der Waals surface area contributed by atoms with Crippen LogP contribution in [0.3, 0.4) is 0 Å². The van der Waals surface area contributed by atoms with E-state index in [-0.39, 0.29) is 28.3 Å². The second-order valence-corrected chi connectivity index (χ2v) is 7.19. The highest BCUT2D eigenvalue weighted by atomic mass is 16.5. The molecule has 0 saturated heterocycles. The molecule has 8 heteroatoms. The molecule has 4 rings (SSSR count). The first-order valence-electron chi connectivity index (χ1n) is 9.94. The van der Waals surface area contributed by atoms with Gasteiger partial charge in [0, 0.05) is 34.0 Å². The van der Waals surface area contributed by atoms with Crippen molar-refractivity contribution >= 4 is 29.1 Å². The molecule has 3 aromatic rings. The van der Waals surface area contributed by atoms with Crippen LogP contribution in [0.25, 0.3) is 0 Å². The number of hydrogen-bond acceptors (Lipinski definition) is 7. The second kappa shape index (κ2) is 8.96. The van der Waals surface area contributed by atoms with Crippen molar-refractivity contribution in [2.45, 2.75) is 0 Å². The van der Waals surface area contributed by atoms with Crippen LogP contribution in [0.5, 0.6) is 11.5 Å². The third-order valence-corrected chi connectivity index (χ3v) is 5.13. The lowest BCUT2D eigenvalue weighted by Crippen LogP contribution is -2.23. The number of rotatable bonds is 6. The molecule has 0 aliphatic heterocycles. The van der Waals surface area contributed by atoms with Gasteiger partial charge < -0.3 is 19.5 Å². The van der Waals surface area contributed by atoms with E-state index in [1.54, 1.807) is 30.3 Å². The molecule has 1 aliphatic rings. The highest BCUT2D eigenvalue weighted by Crippen LogP contribution is 2.29. The minimum absolute atomic E-state index is 0.163. The minimum atomic E-state index is -0.731. The number of ketones is 2. The summed E-state index contributed by atoms with van der Waals surface area (Å²) in [6.07, 6.45) is 0. The van der Waals surface area contributed by atoms with Gasteiger partial charge in [-0.3, -0.25) is 14.4 Å². The molecule has 1 N–H and O–H groups in total. The van der Waals surface area contributed by atoms with Crippen molar-refractivity contribution in [1.82, 2.24) is 0 Å². The predicted molar refractivity (Wildman–Crippen MR) is 118 cm³/mol. The number of benzene rings is 3. The third kappa shape index (κ3) is 4.31. The zero-order valence-electron chi connectivity index (χ0n) is 17.8. The van der Waals surface area contributed by atoms with Crippen molar-refractivity contribution in [2.24, 2.45) is 0 Å². The number of carbonyl (C=O) groups is 4. The topological polar surface area (TPSA) is 108 Å². The van der Waals surface area contributed by atoms with Crippen molar-refractivity contribution in [3.05, 3.63) is 88.5 Å². The van der Waals surface area contributed by atoms with Crippen LogP contribution in [0, 0.1) is 0 Å². The number of carbonyl (C=O) groups excluding carboxylic acids is 4. The van der Waals surface area contributed by atoms with Gasteiger partial charge in [-0.15, -0.1) is 0 Å². The van der Waals surface area contributed by atoms with Crippen LogP contribution in [0.15, 0.2) is 60.7 Å². The second-order valence-electron chi connectivity index (χ2n) is 7.19. The fourth-order valence-corrected chi connectivity index (χ4v) is 3.51. The monoisotopic (exact) mass is 445 g/mol. The summed E-state index contributed by atoms with van der Waals surface area (Å²) in [5.41, 5.74) is 1.62. The van der Waals surface area contributed by atoms with Gasteiger partial charge in [-0.05, 0) is 30.3 Å². The van der Waals surface area contributed by atoms with Gasteiger partial charge in [0.2, 0.25) is 0 Å². The lowest BCUT2D eigenvalue weighted by atomic mass is 9.84. The van der Waals surface area contributed by atoms with Crippen molar-refractivity contribution in [3.63, 3.8) is 0 Å². The Bertz CT molecular complexity index is 1270. The first-order valence-corrected chi connectivity index (χ1v) is 9.94. The first-order chi connectivity index (χ1) is 15.9. The van der Waals surface area contributed by atoms with Crippen molar-refractivity contribution in [2.75, 3.05) is 26.1 Å². The van der Waals surface area contributed by atoms with E-state index in [0.29, 0.717) is 28.3 Å². The largest absolute Gasteiger partial charge is 0.497 e. The van der Waals surface area contributed by atoms with Gasteiger partial charge in [-0.1, -0.05) is 24.3 Å². The standard InChI is InChI=1S/C25H19NO7/c1-31-16-9-14(10-17(12-16)32-2)25(30)33-13-22(27)26-15-7-8-20-21(11-15)24(29)19-6-4-3-5-18(19)23(20)28/h3-12H,13H2,1-2H3,(H,26,27). The molecule has 0 aromatic heterocycles. The maximum absolute atomic E-state index is 12.8. The Morgan fingerprint density at radius 2 is 1.33 bits per heavy atom. The fourth-order valence-electron chi connectivity index (χ4n) is 3.51. The van der Waals surface area contributed by atoms with Gasteiger partial charge in [0.1, 0.15) is 11.5 Å². The van der Waals surface area contributed by atoms with Gasteiger partial charge >= 0.3 is 5.97 Å². The van der Waals surface area contributed by atoms with Crippen LogP contribution in [-0.2, 0) is 9.53 Å². The van der Waals surface area contributed by atoms with Crippen LogP contribution in [-0.4, -0.2) is 44.3 Å². The maximum Gasteiger partial charge on any atom is 0.338 e. The van der Waals surface area contributed by atoms with E-state index in [1.165, 1.54) is 44.6 Å². The maximum atomic E-state index is 12.8. The van der Waals surface area contributed by atoms with E-state index in [0.717, 1.165) is 0 Å². The van der Waals surface area contributed by atoms with E-state index in [1.807, 2.05) is 0 Å². The Labute approximate surface area is 189 Å². The average Bonchev–Trinajstić information content (AvgIpc) is 2.85. The predicted octanol–water partition coefficient (Wildman–Crippen LogP) is 3.27. The van der Waals surface area contributed by atoms with Crippen LogP contribution in [0.4, 0.5) is 5.69 Å². The molecule has 1 aliphatic carbocycles. The normalized spacial score (nSPS) is 11.8. The number of amides is 1. The molecule has 0 unspecified atom stereocenters. The molecule has 0 bridgehead atoms. The summed E-state index contributed by atoms with van der Waals surface area (Å²) in [7, 11) is 2.90. The Morgan fingerprint density at radius 3 is 1.94 bits per heavy atom.